The van der Waals surface area contributed by atoms with Gasteiger partial charge in [0.05, 0.1) is 10.8 Å². The Morgan fingerprint density at radius 3 is 2.65 bits per heavy atom. The first-order valence-electron chi connectivity index (χ1n) is 5.90. The number of rotatable bonds is 4. The number of carbonyl (C=O) groups excluding carboxylic acids is 1. The molecule has 0 atom stereocenters. The molecule has 2 aromatic carbocycles. The van der Waals surface area contributed by atoms with Gasteiger partial charge in [0, 0.05) is 4.90 Å². The molecule has 0 N–H and O–H groups in total. The molecule has 0 fully saturated rings. The van der Waals surface area contributed by atoms with Crippen LogP contribution < -0.4 is 4.74 Å². The first kappa shape index (κ1) is 14.9. The number of thioether (sulfide) groups is 1. The molecule has 2 rings (SSSR count). The molecule has 0 radical (unpaired) electrons. The van der Waals surface area contributed by atoms with Gasteiger partial charge in [0.1, 0.15) is 11.6 Å². The summed E-state index contributed by atoms with van der Waals surface area (Å²) in [7, 11) is 0. The van der Waals surface area contributed by atoms with Crippen molar-refractivity contribution in [3.05, 3.63) is 58.9 Å². The summed E-state index contributed by atoms with van der Waals surface area (Å²) in [5.41, 5.74) is 0.961. The van der Waals surface area contributed by atoms with E-state index in [-0.39, 0.29) is 11.6 Å². The number of esters is 1. The summed E-state index contributed by atoms with van der Waals surface area (Å²) in [6.07, 6.45) is 0. The fourth-order valence-corrected chi connectivity index (χ4v) is 2.34. The Bertz CT molecular complexity index is 614. The zero-order valence-electron chi connectivity index (χ0n) is 10.7. The Balaban J connectivity index is 1.92. The molecule has 5 heteroatoms. The van der Waals surface area contributed by atoms with Crippen molar-refractivity contribution in [3.8, 4) is 5.75 Å². The van der Waals surface area contributed by atoms with E-state index in [2.05, 4.69) is 0 Å². The Labute approximate surface area is 125 Å². The van der Waals surface area contributed by atoms with Crippen LogP contribution in [0.4, 0.5) is 4.39 Å². The SMILES string of the molecule is Cc1ccc(Cl)c(OC(=O)CSc2ccc(F)cc2)c1. The Kier molecular flexibility index (Phi) is 5.04. The van der Waals surface area contributed by atoms with Crippen molar-refractivity contribution in [2.45, 2.75) is 11.8 Å². The molecule has 20 heavy (non-hydrogen) atoms. The van der Waals surface area contributed by atoms with Crippen LogP contribution in [0.1, 0.15) is 5.56 Å². The highest BCUT2D eigenvalue weighted by Gasteiger charge is 2.09. The minimum Gasteiger partial charge on any atom is -0.424 e. The van der Waals surface area contributed by atoms with Crippen LogP contribution in [0, 0.1) is 12.7 Å². The quantitative estimate of drug-likeness (QED) is 0.473. The molecule has 2 nitrogen and oxygen atoms in total. The average molecular weight is 311 g/mol. The smallest absolute Gasteiger partial charge is 0.321 e. The monoisotopic (exact) mass is 310 g/mol. The summed E-state index contributed by atoms with van der Waals surface area (Å²) in [5, 5.41) is 0.399. The van der Waals surface area contributed by atoms with Crippen molar-refractivity contribution in [2.75, 3.05) is 5.75 Å². The van der Waals surface area contributed by atoms with Crippen molar-refractivity contribution < 1.29 is 13.9 Å². The number of hydrogen-bond donors (Lipinski definition) is 0. The molecule has 0 saturated heterocycles. The van der Waals surface area contributed by atoms with Gasteiger partial charge in [0.25, 0.3) is 0 Å². The van der Waals surface area contributed by atoms with Crippen molar-refractivity contribution in [1.82, 2.24) is 0 Å². The van der Waals surface area contributed by atoms with Crippen LogP contribution in [-0.4, -0.2) is 11.7 Å². The lowest BCUT2D eigenvalue weighted by Gasteiger charge is -2.07. The van der Waals surface area contributed by atoms with Crippen LogP contribution in [-0.2, 0) is 4.79 Å². The van der Waals surface area contributed by atoms with Gasteiger partial charge in [0.15, 0.2) is 0 Å². The fraction of sp³-hybridized carbons (Fsp3) is 0.133. The van der Waals surface area contributed by atoms with E-state index in [0.29, 0.717) is 10.8 Å². The van der Waals surface area contributed by atoms with Crippen LogP contribution in [0.15, 0.2) is 47.4 Å². The van der Waals surface area contributed by atoms with E-state index in [1.54, 1.807) is 24.3 Å². The van der Waals surface area contributed by atoms with Crippen LogP contribution in [0.2, 0.25) is 5.02 Å². The lowest BCUT2D eigenvalue weighted by atomic mass is 10.2. The summed E-state index contributed by atoms with van der Waals surface area (Å²) in [5.74, 6) is -0.206. The molecule has 0 aliphatic carbocycles. The molecule has 0 aliphatic rings. The highest BCUT2D eigenvalue weighted by atomic mass is 35.5. The maximum Gasteiger partial charge on any atom is 0.321 e. The second-order valence-corrected chi connectivity index (χ2v) is 5.61. The third-order valence-electron chi connectivity index (χ3n) is 2.48. The van der Waals surface area contributed by atoms with Crippen molar-refractivity contribution in [1.29, 1.82) is 0 Å². The zero-order chi connectivity index (χ0) is 14.5. The lowest BCUT2D eigenvalue weighted by Crippen LogP contribution is -2.11. The molecule has 2 aromatic rings. The molecule has 0 spiro atoms. The van der Waals surface area contributed by atoms with Gasteiger partial charge in [-0.05, 0) is 48.9 Å². The lowest BCUT2D eigenvalue weighted by molar-refractivity contribution is -0.131. The molecule has 0 unspecified atom stereocenters. The predicted octanol–water partition coefficient (Wildman–Crippen LogP) is 4.49. The van der Waals surface area contributed by atoms with Gasteiger partial charge in [0.2, 0.25) is 0 Å². The van der Waals surface area contributed by atoms with E-state index < -0.39 is 5.97 Å². The Morgan fingerprint density at radius 2 is 1.95 bits per heavy atom. The summed E-state index contributed by atoms with van der Waals surface area (Å²) in [6.45, 7) is 1.89. The summed E-state index contributed by atoms with van der Waals surface area (Å²) in [4.78, 5) is 12.5. The summed E-state index contributed by atoms with van der Waals surface area (Å²) >= 11 is 7.23. The normalized spacial score (nSPS) is 10.3. The number of benzene rings is 2. The van der Waals surface area contributed by atoms with Crippen molar-refractivity contribution >= 4 is 29.3 Å². The Hall–Kier alpha value is -1.52. The number of ether oxygens (including phenoxy) is 1. The third kappa shape index (κ3) is 4.25. The van der Waals surface area contributed by atoms with E-state index in [9.17, 15) is 9.18 Å². The van der Waals surface area contributed by atoms with Gasteiger partial charge in [-0.15, -0.1) is 11.8 Å². The highest BCUT2D eigenvalue weighted by molar-refractivity contribution is 8.00. The molecule has 0 amide bonds. The van der Waals surface area contributed by atoms with E-state index in [0.717, 1.165) is 10.5 Å². The van der Waals surface area contributed by atoms with E-state index in [1.807, 2.05) is 13.0 Å². The maximum absolute atomic E-state index is 12.7. The second kappa shape index (κ2) is 6.77. The Morgan fingerprint density at radius 1 is 1.25 bits per heavy atom. The molecule has 0 bridgehead atoms. The molecular weight excluding hydrogens is 299 g/mol. The third-order valence-corrected chi connectivity index (χ3v) is 3.78. The summed E-state index contributed by atoms with van der Waals surface area (Å²) < 4.78 is 17.9. The number of halogens is 2. The zero-order valence-corrected chi connectivity index (χ0v) is 12.3. The molecule has 0 saturated carbocycles. The first-order chi connectivity index (χ1) is 9.54. The minimum atomic E-state index is -0.396. The van der Waals surface area contributed by atoms with Gasteiger partial charge in [-0.25, -0.2) is 4.39 Å². The van der Waals surface area contributed by atoms with E-state index in [4.69, 9.17) is 16.3 Å². The fourth-order valence-electron chi connectivity index (χ4n) is 1.51. The maximum atomic E-state index is 12.7. The van der Waals surface area contributed by atoms with Crippen molar-refractivity contribution in [3.63, 3.8) is 0 Å². The van der Waals surface area contributed by atoms with E-state index >= 15 is 0 Å². The van der Waals surface area contributed by atoms with Crippen LogP contribution in [0.3, 0.4) is 0 Å². The largest absolute Gasteiger partial charge is 0.424 e. The topological polar surface area (TPSA) is 26.3 Å². The summed E-state index contributed by atoms with van der Waals surface area (Å²) in [6, 6.07) is 11.2. The molecule has 0 aliphatic heterocycles. The van der Waals surface area contributed by atoms with Gasteiger partial charge in [-0.2, -0.15) is 0 Å². The number of aryl methyl sites for hydroxylation is 1. The number of carbonyl (C=O) groups is 1. The molecule has 0 heterocycles. The molecule has 104 valence electrons. The highest BCUT2D eigenvalue weighted by Crippen LogP contribution is 2.26. The van der Waals surface area contributed by atoms with Gasteiger partial charge < -0.3 is 4.74 Å². The first-order valence-corrected chi connectivity index (χ1v) is 7.26. The average Bonchev–Trinajstić information content (AvgIpc) is 2.42. The minimum absolute atomic E-state index is 0.135. The van der Waals surface area contributed by atoms with Gasteiger partial charge in [-0.3, -0.25) is 4.79 Å². The molecular formula is C15H12ClFO2S. The molecule has 0 aromatic heterocycles. The van der Waals surface area contributed by atoms with Gasteiger partial charge >= 0.3 is 5.97 Å². The number of hydrogen-bond acceptors (Lipinski definition) is 3. The predicted molar refractivity (Wildman–Crippen MR) is 78.9 cm³/mol. The van der Waals surface area contributed by atoms with E-state index in [1.165, 1.54) is 23.9 Å². The van der Waals surface area contributed by atoms with Crippen LogP contribution in [0.5, 0.6) is 5.75 Å². The standard InChI is InChI=1S/C15H12ClFO2S/c1-10-2-7-13(16)14(8-10)19-15(18)9-20-12-5-3-11(17)4-6-12/h2-8H,9H2,1H3. The van der Waals surface area contributed by atoms with Crippen molar-refractivity contribution in [2.24, 2.45) is 0 Å². The van der Waals surface area contributed by atoms with Gasteiger partial charge in [-0.1, -0.05) is 17.7 Å². The second-order valence-electron chi connectivity index (χ2n) is 4.15. The van der Waals surface area contributed by atoms with Crippen LogP contribution in [0.25, 0.3) is 0 Å². The van der Waals surface area contributed by atoms with Crippen LogP contribution >= 0.6 is 23.4 Å².